The Hall–Kier alpha value is -2.04. The van der Waals surface area contributed by atoms with Crippen molar-refractivity contribution >= 4 is 12.0 Å². The van der Waals surface area contributed by atoms with E-state index < -0.39 is 6.09 Å². The Balaban J connectivity index is 2.64. The maximum Gasteiger partial charge on any atom is 0.425 e. The summed E-state index contributed by atoms with van der Waals surface area (Å²) in [4.78, 5) is 10.3. The van der Waals surface area contributed by atoms with Crippen LogP contribution in [0.1, 0.15) is 12.5 Å². The first-order valence-electron chi connectivity index (χ1n) is 4.94. The second-order valence-corrected chi connectivity index (χ2v) is 3.02. The topological polar surface area (TPSA) is 70.9 Å². The molecule has 1 amide bonds. The average Bonchev–Trinajstić information content (AvgIpc) is 2.27. The summed E-state index contributed by atoms with van der Waals surface area (Å²) in [6, 6.07) is 9.58. The van der Waals surface area contributed by atoms with E-state index in [0.29, 0.717) is 18.9 Å². The lowest BCUT2D eigenvalue weighted by atomic mass is 10.1. The van der Waals surface area contributed by atoms with Crippen molar-refractivity contribution in [2.24, 2.45) is 5.10 Å². The molecule has 16 heavy (non-hydrogen) atoms. The number of hydrogen-bond acceptors (Lipinski definition) is 3. The third-order valence-corrected chi connectivity index (χ3v) is 1.79. The quantitative estimate of drug-likeness (QED) is 0.464. The van der Waals surface area contributed by atoms with Gasteiger partial charge < -0.3 is 9.84 Å². The van der Waals surface area contributed by atoms with Gasteiger partial charge in [-0.2, -0.15) is 0 Å². The van der Waals surface area contributed by atoms with Crippen molar-refractivity contribution < 1.29 is 14.6 Å². The Labute approximate surface area is 93.7 Å². The first-order valence-corrected chi connectivity index (χ1v) is 4.94. The van der Waals surface area contributed by atoms with E-state index in [1.165, 1.54) is 0 Å². The van der Waals surface area contributed by atoms with Gasteiger partial charge in [-0.05, 0) is 12.5 Å². The molecule has 0 radical (unpaired) electrons. The maximum atomic E-state index is 10.3. The Kier molecular flexibility index (Phi) is 4.85. The lowest BCUT2D eigenvalue weighted by molar-refractivity contribution is 0.194. The van der Waals surface area contributed by atoms with E-state index in [4.69, 9.17) is 9.84 Å². The van der Waals surface area contributed by atoms with E-state index in [9.17, 15) is 4.79 Å². The van der Waals surface area contributed by atoms with Crippen LogP contribution in [0.15, 0.2) is 35.4 Å². The summed E-state index contributed by atoms with van der Waals surface area (Å²) in [7, 11) is 0. The Bertz CT molecular complexity index is 363. The molecule has 5 heteroatoms. The predicted molar refractivity (Wildman–Crippen MR) is 60.4 cm³/mol. The molecule has 5 nitrogen and oxygen atoms in total. The van der Waals surface area contributed by atoms with Gasteiger partial charge in [-0.15, -0.1) is 5.10 Å². The molecule has 0 heterocycles. The molecular formula is C11H14N2O3. The lowest BCUT2D eigenvalue weighted by Gasteiger charge is -2.06. The highest BCUT2D eigenvalue weighted by atomic mass is 16.5. The van der Waals surface area contributed by atoms with Crippen molar-refractivity contribution in [3.63, 3.8) is 0 Å². The van der Waals surface area contributed by atoms with Crippen LogP contribution in [-0.4, -0.2) is 23.7 Å². The van der Waals surface area contributed by atoms with Gasteiger partial charge in [0.05, 0.1) is 13.0 Å². The summed E-state index contributed by atoms with van der Waals surface area (Å²) < 4.78 is 5.22. The van der Waals surface area contributed by atoms with Gasteiger partial charge in [-0.25, -0.2) is 10.2 Å². The second kappa shape index (κ2) is 6.44. The number of carboxylic acid groups (broad SMARTS) is 1. The van der Waals surface area contributed by atoms with Crippen LogP contribution in [-0.2, 0) is 11.2 Å². The number of hydrazone groups is 1. The summed E-state index contributed by atoms with van der Waals surface area (Å²) in [6.07, 6.45) is -0.736. The summed E-state index contributed by atoms with van der Waals surface area (Å²) in [5, 5.41) is 12.1. The number of nitrogens with one attached hydrogen (secondary N) is 1. The molecule has 1 aromatic carbocycles. The molecule has 2 N–H and O–H groups in total. The fourth-order valence-electron chi connectivity index (χ4n) is 1.17. The van der Waals surface area contributed by atoms with Gasteiger partial charge in [-0.1, -0.05) is 30.3 Å². The minimum Gasteiger partial charge on any atom is -0.480 e. The Morgan fingerprint density at radius 3 is 2.69 bits per heavy atom. The summed E-state index contributed by atoms with van der Waals surface area (Å²) in [6.45, 7) is 2.27. The van der Waals surface area contributed by atoms with Crippen LogP contribution >= 0.6 is 0 Å². The highest BCUT2D eigenvalue weighted by molar-refractivity contribution is 5.80. The zero-order valence-electron chi connectivity index (χ0n) is 9.01. The van der Waals surface area contributed by atoms with Gasteiger partial charge >= 0.3 is 6.09 Å². The molecule has 86 valence electrons. The summed E-state index contributed by atoms with van der Waals surface area (Å²) >= 11 is 0. The third kappa shape index (κ3) is 4.45. The average molecular weight is 222 g/mol. The number of benzene rings is 1. The number of carbonyl (C=O) groups is 1. The third-order valence-electron chi connectivity index (χ3n) is 1.79. The van der Waals surface area contributed by atoms with Crippen molar-refractivity contribution in [2.45, 2.75) is 13.3 Å². The Morgan fingerprint density at radius 1 is 1.44 bits per heavy atom. The summed E-state index contributed by atoms with van der Waals surface area (Å²) in [5.74, 6) is 0.358. The highest BCUT2D eigenvalue weighted by Gasteiger charge is 2.02. The molecule has 0 aliphatic heterocycles. The maximum absolute atomic E-state index is 10.3. The number of rotatable bonds is 4. The zero-order chi connectivity index (χ0) is 11.8. The SMILES string of the molecule is CCOC(Cc1ccccc1)=NNC(=O)O. The van der Waals surface area contributed by atoms with Gasteiger partial charge in [0.1, 0.15) is 0 Å². The molecule has 0 unspecified atom stereocenters. The zero-order valence-corrected chi connectivity index (χ0v) is 9.01. The number of hydrogen-bond donors (Lipinski definition) is 2. The van der Waals surface area contributed by atoms with Gasteiger partial charge in [0.2, 0.25) is 5.90 Å². The van der Waals surface area contributed by atoms with Crippen molar-refractivity contribution in [3.8, 4) is 0 Å². The van der Waals surface area contributed by atoms with Crippen LogP contribution in [0, 0.1) is 0 Å². The van der Waals surface area contributed by atoms with E-state index in [0.717, 1.165) is 5.56 Å². The van der Waals surface area contributed by atoms with E-state index in [2.05, 4.69) is 5.10 Å². The minimum atomic E-state index is -1.20. The van der Waals surface area contributed by atoms with Gasteiger partial charge in [0.15, 0.2) is 0 Å². The van der Waals surface area contributed by atoms with Gasteiger partial charge in [0.25, 0.3) is 0 Å². The molecule has 1 rings (SSSR count). The molecule has 0 fully saturated rings. The fourth-order valence-corrected chi connectivity index (χ4v) is 1.17. The number of nitrogens with zero attached hydrogens (tertiary/aromatic N) is 1. The molecule has 0 bridgehead atoms. The first-order chi connectivity index (χ1) is 7.72. The monoisotopic (exact) mass is 222 g/mol. The first kappa shape index (κ1) is 12.0. The molecule has 0 atom stereocenters. The predicted octanol–water partition coefficient (Wildman–Crippen LogP) is 1.85. The van der Waals surface area contributed by atoms with Crippen molar-refractivity contribution in [1.82, 2.24) is 5.43 Å². The summed E-state index contributed by atoms with van der Waals surface area (Å²) in [5.41, 5.74) is 2.95. The molecule has 0 aliphatic rings. The van der Waals surface area contributed by atoms with Gasteiger partial charge in [-0.3, -0.25) is 0 Å². The number of ether oxygens (including phenoxy) is 1. The van der Waals surface area contributed by atoms with Crippen LogP contribution < -0.4 is 5.43 Å². The van der Waals surface area contributed by atoms with Crippen molar-refractivity contribution in [2.75, 3.05) is 6.61 Å². The van der Waals surface area contributed by atoms with E-state index in [1.54, 1.807) is 0 Å². The van der Waals surface area contributed by atoms with E-state index in [1.807, 2.05) is 42.7 Å². The van der Waals surface area contributed by atoms with Crippen molar-refractivity contribution in [3.05, 3.63) is 35.9 Å². The smallest absolute Gasteiger partial charge is 0.425 e. The Morgan fingerprint density at radius 2 is 2.12 bits per heavy atom. The van der Waals surface area contributed by atoms with E-state index >= 15 is 0 Å². The van der Waals surface area contributed by atoms with Crippen molar-refractivity contribution in [1.29, 1.82) is 0 Å². The molecule has 0 saturated carbocycles. The largest absolute Gasteiger partial charge is 0.480 e. The van der Waals surface area contributed by atoms with Crippen LogP contribution in [0.4, 0.5) is 4.79 Å². The van der Waals surface area contributed by atoms with Gasteiger partial charge in [0, 0.05) is 0 Å². The molecule has 0 aliphatic carbocycles. The lowest BCUT2D eigenvalue weighted by Crippen LogP contribution is -2.19. The molecule has 0 saturated heterocycles. The fraction of sp³-hybridized carbons (Fsp3) is 0.273. The normalized spacial score (nSPS) is 10.9. The molecular weight excluding hydrogens is 208 g/mol. The standard InChI is InChI=1S/C11H14N2O3/c1-2-16-10(12-13-11(14)15)8-9-6-4-3-5-7-9/h3-7,13H,2,8H2,1H3,(H,14,15). The highest BCUT2D eigenvalue weighted by Crippen LogP contribution is 2.01. The van der Waals surface area contributed by atoms with Crippen LogP contribution in [0.5, 0.6) is 0 Å². The minimum absolute atomic E-state index is 0.358. The van der Waals surface area contributed by atoms with E-state index in [-0.39, 0.29) is 0 Å². The molecule has 1 aromatic rings. The van der Waals surface area contributed by atoms with Crippen LogP contribution in [0.2, 0.25) is 0 Å². The van der Waals surface area contributed by atoms with Crippen LogP contribution in [0.3, 0.4) is 0 Å². The molecule has 0 spiro atoms. The van der Waals surface area contributed by atoms with Crippen LogP contribution in [0.25, 0.3) is 0 Å². The molecule has 0 aromatic heterocycles. The number of amides is 1. The second-order valence-electron chi connectivity index (χ2n) is 3.02.